The van der Waals surface area contributed by atoms with Crippen LogP contribution >= 0.6 is 0 Å². The molecule has 0 bridgehead atoms. The molecular weight excluding hydrogens is 1090 g/mol. The molecule has 1 heterocycles. The highest BCUT2D eigenvalue weighted by molar-refractivity contribution is 5.99. The maximum absolute atomic E-state index is 14.3. The van der Waals surface area contributed by atoms with Gasteiger partial charge in [-0.25, -0.2) is 8.78 Å². The number of hydrogen-bond donors (Lipinski definition) is 6. The SMILES string of the molecule is CC.CC.CC(c1cc(-c2cc(F)ccc2F)cn1Cc1ccccc1)C(C)(C)C.CCC(C)=O.CCCCN.CNCCC(=O)NCCOCCOCCOCCOCCC(=O)NC(C(=O)NC(C)C(=O)Nc1ccc(C(C)=O)cc1)C(C)C. The number of unbranched alkanes of at least 4 members (excludes halogenated alkanes) is 1. The van der Waals surface area contributed by atoms with Crippen molar-refractivity contribution in [3.05, 3.63) is 114 Å². The first-order chi connectivity index (χ1) is 40.5. The van der Waals surface area contributed by atoms with Crippen molar-refractivity contribution in [2.75, 3.05) is 84.9 Å². The first kappa shape index (κ1) is 80.8. The summed E-state index contributed by atoms with van der Waals surface area (Å²) in [6.07, 6.45) is 5.48. The van der Waals surface area contributed by atoms with E-state index in [1.165, 1.54) is 37.5 Å². The summed E-state index contributed by atoms with van der Waals surface area (Å²) in [5, 5.41) is 13.7. The van der Waals surface area contributed by atoms with Crippen LogP contribution in [0.1, 0.15) is 163 Å². The molecule has 4 amide bonds. The standard InChI is InChI=1S/C31H51N5O9.C23H25F2N.C4H11N.C4H8O.2C2H6/c1-22(2)29(31(41)34-23(3)30(40)35-26-8-6-25(7-9-26)24(4)37)36-28(39)11-14-42-16-18-44-20-21-45-19-17-43-15-13-33-27(38)10-12-32-5;1-16(23(2,3)4)22-12-18(20-13-19(24)10-11-21(20)25)15-26(22)14-17-8-6-5-7-9-17;1-2-3-4-5;1-3-4(2)5;2*1-2/h6-9,22-23,29,32H,10-21H2,1-5H3,(H,33,38)(H,34,41)(H,35,40)(H,36,39);5-13,15-16H,14H2,1-4H3;2-5H2,1H3;3H2,1-2H3;2*1-2H3. The summed E-state index contributed by atoms with van der Waals surface area (Å²) in [5.41, 5.74) is 9.54. The molecule has 3 atom stereocenters. The van der Waals surface area contributed by atoms with E-state index in [1.54, 1.807) is 59.0 Å². The van der Waals surface area contributed by atoms with Crippen molar-refractivity contribution in [3.8, 4) is 11.1 Å². The second kappa shape index (κ2) is 49.0. The number of ether oxygens (including phenoxy) is 4. The number of hydrogen-bond acceptors (Lipinski definition) is 12. The maximum Gasteiger partial charge on any atom is 0.246 e. The Morgan fingerprint density at radius 3 is 1.71 bits per heavy atom. The number of aromatic nitrogens is 1. The van der Waals surface area contributed by atoms with Gasteiger partial charge in [0, 0.05) is 79.1 Å². The van der Waals surface area contributed by atoms with Gasteiger partial charge >= 0.3 is 0 Å². The normalized spacial score (nSPS) is 11.6. The van der Waals surface area contributed by atoms with E-state index in [9.17, 15) is 37.5 Å². The average Bonchev–Trinajstić information content (AvgIpc) is 4.11. The van der Waals surface area contributed by atoms with Crippen LogP contribution in [0, 0.1) is 23.0 Å². The molecule has 4 rings (SSSR count). The predicted molar refractivity (Wildman–Crippen MR) is 340 cm³/mol. The quantitative estimate of drug-likeness (QED) is 0.0198. The molecule has 0 fully saturated rings. The van der Waals surface area contributed by atoms with Gasteiger partial charge in [0.2, 0.25) is 23.6 Å². The lowest BCUT2D eigenvalue weighted by Crippen LogP contribution is -2.53. The number of benzene rings is 3. The number of nitrogens with one attached hydrogen (secondary N) is 5. The fraction of sp³-hybridized carbons (Fsp3) is 0.576. The third-order valence-electron chi connectivity index (χ3n) is 12.5. The molecule has 19 heteroatoms. The molecule has 7 N–H and O–H groups in total. The molecule has 0 spiro atoms. The zero-order valence-electron chi connectivity index (χ0n) is 54.3. The average molecular weight is 1200 g/mol. The number of nitrogens with zero attached hydrogens (tertiary/aromatic N) is 1. The minimum absolute atomic E-state index is 0.0141. The fourth-order valence-corrected chi connectivity index (χ4v) is 7.03. The molecule has 0 saturated carbocycles. The minimum atomic E-state index is -0.857. The van der Waals surface area contributed by atoms with E-state index in [1.807, 2.05) is 65.1 Å². The summed E-state index contributed by atoms with van der Waals surface area (Å²) < 4.78 is 51.8. The maximum atomic E-state index is 14.3. The molecule has 0 aliphatic heterocycles. The highest BCUT2D eigenvalue weighted by atomic mass is 19.1. The Balaban J connectivity index is 0. The molecule has 0 radical (unpaired) electrons. The van der Waals surface area contributed by atoms with E-state index in [2.05, 4.69) is 77.9 Å². The topological polar surface area (TPSA) is 230 Å². The second-order valence-corrected chi connectivity index (χ2v) is 20.7. The van der Waals surface area contributed by atoms with Crippen LogP contribution in [0.15, 0.2) is 85.1 Å². The summed E-state index contributed by atoms with van der Waals surface area (Å²) in [5.74, 6) is -1.88. The van der Waals surface area contributed by atoms with Crippen LogP contribution in [0.4, 0.5) is 14.5 Å². The molecule has 480 valence electrons. The number of carbonyl (C=O) groups is 6. The molecule has 0 saturated heterocycles. The largest absolute Gasteiger partial charge is 0.379 e. The van der Waals surface area contributed by atoms with E-state index in [4.69, 9.17) is 24.7 Å². The van der Waals surface area contributed by atoms with Gasteiger partial charge in [-0.3, -0.25) is 24.0 Å². The fourth-order valence-electron chi connectivity index (χ4n) is 7.03. The number of Topliss-reactive ketones (excluding diaryl/α,β-unsaturated/α-hetero) is 2. The van der Waals surface area contributed by atoms with Crippen LogP contribution in [0.5, 0.6) is 0 Å². The zero-order chi connectivity index (χ0) is 64.8. The van der Waals surface area contributed by atoms with Crippen LogP contribution in [-0.4, -0.2) is 131 Å². The van der Waals surface area contributed by atoms with Crippen molar-refractivity contribution in [1.29, 1.82) is 0 Å². The second-order valence-electron chi connectivity index (χ2n) is 20.7. The molecule has 0 aliphatic carbocycles. The van der Waals surface area contributed by atoms with E-state index in [0.29, 0.717) is 101 Å². The number of halogens is 2. The van der Waals surface area contributed by atoms with Gasteiger partial charge in [-0.05, 0) is 106 Å². The van der Waals surface area contributed by atoms with Crippen molar-refractivity contribution < 1.29 is 56.5 Å². The van der Waals surface area contributed by atoms with Crippen LogP contribution < -0.4 is 32.3 Å². The van der Waals surface area contributed by atoms with Crippen LogP contribution in [0.3, 0.4) is 0 Å². The van der Waals surface area contributed by atoms with Crippen LogP contribution in [0.2, 0.25) is 0 Å². The summed E-state index contributed by atoms with van der Waals surface area (Å²) in [6, 6.07) is 20.5. The molecule has 4 aromatic rings. The van der Waals surface area contributed by atoms with Gasteiger partial charge in [-0.2, -0.15) is 0 Å². The monoisotopic (exact) mass is 1200 g/mol. The summed E-state index contributed by atoms with van der Waals surface area (Å²) in [4.78, 5) is 70.5. The van der Waals surface area contributed by atoms with Crippen molar-refractivity contribution in [2.45, 2.75) is 161 Å². The lowest BCUT2D eigenvalue weighted by molar-refractivity contribution is -0.132. The Morgan fingerprint density at radius 1 is 0.671 bits per heavy atom. The smallest absolute Gasteiger partial charge is 0.246 e. The number of amides is 4. The Morgan fingerprint density at radius 2 is 1.22 bits per heavy atom. The van der Waals surface area contributed by atoms with E-state index >= 15 is 0 Å². The number of rotatable bonds is 32. The van der Waals surface area contributed by atoms with E-state index in [-0.39, 0.29) is 53.7 Å². The van der Waals surface area contributed by atoms with Gasteiger partial charge in [0.25, 0.3) is 0 Å². The Labute approximate surface area is 508 Å². The number of anilines is 1. The number of carbonyl (C=O) groups excluding carboxylic acids is 6. The van der Waals surface area contributed by atoms with Gasteiger partial charge in [0.1, 0.15) is 29.5 Å². The molecule has 17 nitrogen and oxygen atoms in total. The van der Waals surface area contributed by atoms with Crippen molar-refractivity contribution in [2.24, 2.45) is 17.1 Å². The van der Waals surface area contributed by atoms with E-state index in [0.717, 1.165) is 18.3 Å². The molecule has 1 aromatic heterocycles. The lowest BCUT2D eigenvalue weighted by Gasteiger charge is -2.28. The first-order valence-electron chi connectivity index (χ1n) is 30.1. The molecular formula is C66H107F2N7O10. The third kappa shape index (κ3) is 37.7. The Kier molecular flexibility index (Phi) is 46.6. The van der Waals surface area contributed by atoms with Crippen LogP contribution in [0.25, 0.3) is 11.1 Å². The molecule has 3 aromatic carbocycles. The molecule has 3 unspecified atom stereocenters. The van der Waals surface area contributed by atoms with Crippen molar-refractivity contribution in [1.82, 2.24) is 25.8 Å². The Hall–Kier alpha value is -6.22. The Bertz CT molecular complexity index is 2430. The van der Waals surface area contributed by atoms with E-state index < -0.39 is 35.5 Å². The summed E-state index contributed by atoms with van der Waals surface area (Å²) in [6.45, 7) is 34.4. The van der Waals surface area contributed by atoms with Crippen molar-refractivity contribution >= 4 is 40.9 Å². The minimum Gasteiger partial charge on any atom is -0.379 e. The van der Waals surface area contributed by atoms with Gasteiger partial charge in [-0.1, -0.05) is 120 Å². The lowest BCUT2D eigenvalue weighted by atomic mass is 9.80. The first-order valence-corrected chi connectivity index (χ1v) is 30.1. The number of ketones is 2. The van der Waals surface area contributed by atoms with Gasteiger partial charge < -0.3 is 60.6 Å². The highest BCUT2D eigenvalue weighted by Gasteiger charge is 2.28. The van der Waals surface area contributed by atoms with Gasteiger partial charge in [0.15, 0.2) is 5.78 Å². The van der Waals surface area contributed by atoms with Crippen LogP contribution in [-0.2, 0) is 49.5 Å². The number of nitrogens with two attached hydrogens (primary N) is 1. The molecule has 85 heavy (non-hydrogen) atoms. The highest BCUT2D eigenvalue weighted by Crippen LogP contribution is 2.38. The van der Waals surface area contributed by atoms with Gasteiger partial charge in [0.05, 0.1) is 52.9 Å². The predicted octanol–water partition coefficient (Wildman–Crippen LogP) is 11.1. The molecule has 0 aliphatic rings. The van der Waals surface area contributed by atoms with Crippen molar-refractivity contribution in [3.63, 3.8) is 0 Å². The third-order valence-corrected chi connectivity index (χ3v) is 12.5. The summed E-state index contributed by atoms with van der Waals surface area (Å²) >= 11 is 0. The summed E-state index contributed by atoms with van der Waals surface area (Å²) in [7, 11) is 1.80. The van der Waals surface area contributed by atoms with Gasteiger partial charge in [-0.15, -0.1) is 0 Å². The zero-order valence-corrected chi connectivity index (χ0v) is 54.3.